The Kier molecular flexibility index (Phi) is 3.25. The highest BCUT2D eigenvalue weighted by Gasteiger charge is 2.25. The number of nitrogens with zero attached hydrogens (tertiary/aromatic N) is 3. The summed E-state index contributed by atoms with van der Waals surface area (Å²) >= 11 is 0. The summed E-state index contributed by atoms with van der Waals surface area (Å²) in [4.78, 5) is 13.2. The molecule has 114 valence electrons. The molecule has 22 heavy (non-hydrogen) atoms. The van der Waals surface area contributed by atoms with Gasteiger partial charge in [0, 0.05) is 18.4 Å². The standard InChI is InChI=1S/C18H21N3O/c1-20-17-14-10-6-7-11-15(14)21(16(17)12-19-20)18(22)13-8-4-2-3-5-9-13/h6-7,10-13H,2-5,8-9H2,1H3. The van der Waals surface area contributed by atoms with Gasteiger partial charge in [-0.15, -0.1) is 0 Å². The van der Waals surface area contributed by atoms with Crippen molar-refractivity contribution in [3.63, 3.8) is 0 Å². The van der Waals surface area contributed by atoms with Gasteiger partial charge in [0.1, 0.15) is 0 Å². The van der Waals surface area contributed by atoms with E-state index in [1.54, 1.807) is 0 Å². The van der Waals surface area contributed by atoms with Crippen molar-refractivity contribution in [2.45, 2.75) is 38.5 Å². The van der Waals surface area contributed by atoms with Crippen molar-refractivity contribution in [2.24, 2.45) is 13.0 Å². The molecule has 4 rings (SSSR count). The second kappa shape index (κ2) is 5.27. The smallest absolute Gasteiger partial charge is 0.234 e. The van der Waals surface area contributed by atoms with Crippen molar-refractivity contribution in [1.82, 2.24) is 14.3 Å². The minimum absolute atomic E-state index is 0.154. The third-order valence-electron chi connectivity index (χ3n) is 4.99. The first-order valence-electron chi connectivity index (χ1n) is 8.23. The quantitative estimate of drug-likeness (QED) is 0.633. The summed E-state index contributed by atoms with van der Waals surface area (Å²) in [6, 6.07) is 8.15. The van der Waals surface area contributed by atoms with E-state index in [9.17, 15) is 4.79 Å². The Hall–Kier alpha value is -2.10. The van der Waals surface area contributed by atoms with Crippen LogP contribution in [0.2, 0.25) is 0 Å². The maximum atomic E-state index is 13.2. The first kappa shape index (κ1) is 13.6. The minimum Gasteiger partial charge on any atom is -0.276 e. The summed E-state index contributed by atoms with van der Waals surface area (Å²) < 4.78 is 3.78. The van der Waals surface area contributed by atoms with Crippen LogP contribution in [0.25, 0.3) is 21.9 Å². The van der Waals surface area contributed by atoms with E-state index in [2.05, 4.69) is 11.2 Å². The lowest BCUT2D eigenvalue weighted by molar-refractivity contribution is 0.0832. The van der Waals surface area contributed by atoms with Crippen molar-refractivity contribution < 1.29 is 4.79 Å². The molecule has 0 atom stereocenters. The molecule has 1 aliphatic rings. The van der Waals surface area contributed by atoms with Gasteiger partial charge in [0.15, 0.2) is 0 Å². The van der Waals surface area contributed by atoms with Crippen LogP contribution in [0.1, 0.15) is 43.3 Å². The second-order valence-corrected chi connectivity index (χ2v) is 6.38. The lowest BCUT2D eigenvalue weighted by Crippen LogP contribution is -2.21. The van der Waals surface area contributed by atoms with Gasteiger partial charge < -0.3 is 0 Å². The van der Waals surface area contributed by atoms with Crippen LogP contribution in [0.5, 0.6) is 0 Å². The fourth-order valence-electron chi connectivity index (χ4n) is 3.85. The van der Waals surface area contributed by atoms with Gasteiger partial charge >= 0.3 is 0 Å². The zero-order valence-corrected chi connectivity index (χ0v) is 13.0. The molecule has 0 radical (unpaired) electrons. The average molecular weight is 295 g/mol. The number of hydrogen-bond acceptors (Lipinski definition) is 2. The van der Waals surface area contributed by atoms with Gasteiger partial charge in [-0.3, -0.25) is 14.0 Å². The van der Waals surface area contributed by atoms with Crippen LogP contribution in [0.3, 0.4) is 0 Å². The molecule has 0 saturated heterocycles. The normalized spacial score (nSPS) is 17.1. The highest BCUT2D eigenvalue weighted by molar-refractivity contribution is 6.12. The molecule has 4 heteroatoms. The molecular formula is C18H21N3O. The predicted octanol–water partition coefficient (Wildman–Crippen LogP) is 4.14. The molecule has 0 N–H and O–H groups in total. The molecular weight excluding hydrogens is 274 g/mol. The van der Waals surface area contributed by atoms with Gasteiger partial charge in [-0.1, -0.05) is 43.9 Å². The van der Waals surface area contributed by atoms with E-state index in [1.165, 1.54) is 25.7 Å². The van der Waals surface area contributed by atoms with E-state index >= 15 is 0 Å². The number of carbonyl (C=O) groups is 1. The third-order valence-corrected chi connectivity index (χ3v) is 4.99. The number of aryl methyl sites for hydroxylation is 1. The van der Waals surface area contributed by atoms with Gasteiger partial charge in [-0.2, -0.15) is 5.10 Å². The molecule has 2 aromatic heterocycles. The summed E-state index contributed by atoms with van der Waals surface area (Å²) in [5.74, 6) is 0.405. The fourth-order valence-corrected chi connectivity index (χ4v) is 3.85. The molecule has 0 aliphatic heterocycles. The third kappa shape index (κ3) is 1.97. The van der Waals surface area contributed by atoms with E-state index in [0.29, 0.717) is 0 Å². The largest absolute Gasteiger partial charge is 0.276 e. The SMILES string of the molecule is Cn1ncc2c1c1ccccc1n2C(=O)C1CCCCCC1. The van der Waals surface area contributed by atoms with E-state index in [1.807, 2.05) is 40.7 Å². The number of carbonyl (C=O) groups excluding carboxylic acids is 1. The Morgan fingerprint density at radius 3 is 2.59 bits per heavy atom. The van der Waals surface area contributed by atoms with E-state index in [4.69, 9.17) is 0 Å². The summed E-state index contributed by atoms with van der Waals surface area (Å²) in [5.41, 5.74) is 3.01. The Labute approximate surface area is 129 Å². The molecule has 2 heterocycles. The topological polar surface area (TPSA) is 39.8 Å². The number of hydrogen-bond donors (Lipinski definition) is 0. The molecule has 3 aromatic rings. The van der Waals surface area contributed by atoms with Crippen molar-refractivity contribution in [3.05, 3.63) is 30.5 Å². The summed E-state index contributed by atoms with van der Waals surface area (Å²) in [6.45, 7) is 0. The zero-order valence-electron chi connectivity index (χ0n) is 13.0. The van der Waals surface area contributed by atoms with Gasteiger partial charge in [0.05, 0.1) is 22.7 Å². The monoisotopic (exact) mass is 295 g/mol. The van der Waals surface area contributed by atoms with Crippen LogP contribution in [-0.2, 0) is 7.05 Å². The molecule has 1 saturated carbocycles. The zero-order chi connectivity index (χ0) is 15.1. The van der Waals surface area contributed by atoms with E-state index in [-0.39, 0.29) is 11.8 Å². The summed E-state index contributed by atoms with van der Waals surface area (Å²) in [5, 5.41) is 5.47. The summed E-state index contributed by atoms with van der Waals surface area (Å²) in [6.07, 6.45) is 8.73. The van der Waals surface area contributed by atoms with Crippen LogP contribution < -0.4 is 0 Å². The molecule has 0 bridgehead atoms. The van der Waals surface area contributed by atoms with Crippen molar-refractivity contribution in [3.8, 4) is 0 Å². The highest BCUT2D eigenvalue weighted by atomic mass is 16.2. The van der Waals surface area contributed by atoms with Crippen LogP contribution in [0.15, 0.2) is 30.5 Å². The number of benzene rings is 1. The lowest BCUT2D eigenvalue weighted by atomic mass is 9.99. The molecule has 0 amide bonds. The van der Waals surface area contributed by atoms with Gasteiger partial charge in [0.2, 0.25) is 5.91 Å². The molecule has 1 aliphatic carbocycles. The molecule has 1 fully saturated rings. The first-order chi connectivity index (χ1) is 10.8. The number of fused-ring (bicyclic) bond motifs is 3. The van der Waals surface area contributed by atoms with Gasteiger partial charge in [-0.25, -0.2) is 0 Å². The molecule has 0 unspecified atom stereocenters. The Morgan fingerprint density at radius 1 is 1.09 bits per heavy atom. The van der Waals surface area contributed by atoms with Crippen molar-refractivity contribution >= 4 is 27.8 Å². The lowest BCUT2D eigenvalue weighted by Gasteiger charge is -2.14. The molecule has 4 nitrogen and oxygen atoms in total. The summed E-state index contributed by atoms with van der Waals surface area (Å²) in [7, 11) is 1.94. The van der Waals surface area contributed by atoms with E-state index < -0.39 is 0 Å². The fraction of sp³-hybridized carbons (Fsp3) is 0.444. The molecule has 0 spiro atoms. The maximum Gasteiger partial charge on any atom is 0.234 e. The minimum atomic E-state index is 0.154. The number of aromatic nitrogens is 3. The van der Waals surface area contributed by atoms with Crippen molar-refractivity contribution in [2.75, 3.05) is 0 Å². The van der Waals surface area contributed by atoms with Gasteiger partial charge in [0.25, 0.3) is 0 Å². The predicted molar refractivity (Wildman–Crippen MR) is 88.0 cm³/mol. The number of para-hydroxylation sites is 1. The average Bonchev–Trinajstić information content (AvgIpc) is 2.91. The second-order valence-electron chi connectivity index (χ2n) is 6.38. The van der Waals surface area contributed by atoms with Crippen LogP contribution in [-0.4, -0.2) is 20.3 Å². The van der Waals surface area contributed by atoms with Crippen molar-refractivity contribution in [1.29, 1.82) is 0 Å². The highest BCUT2D eigenvalue weighted by Crippen LogP contribution is 2.31. The Morgan fingerprint density at radius 2 is 1.82 bits per heavy atom. The van der Waals surface area contributed by atoms with Crippen LogP contribution >= 0.6 is 0 Å². The maximum absolute atomic E-state index is 13.2. The van der Waals surface area contributed by atoms with Gasteiger partial charge in [-0.05, 0) is 18.9 Å². The number of rotatable bonds is 1. The van der Waals surface area contributed by atoms with Crippen LogP contribution in [0, 0.1) is 5.92 Å². The van der Waals surface area contributed by atoms with E-state index in [0.717, 1.165) is 34.8 Å². The Balaban J connectivity index is 1.90. The first-order valence-corrected chi connectivity index (χ1v) is 8.23. The Bertz CT molecular complexity index is 835. The van der Waals surface area contributed by atoms with Crippen LogP contribution in [0.4, 0.5) is 0 Å². The molecule has 1 aromatic carbocycles.